The summed E-state index contributed by atoms with van der Waals surface area (Å²) < 4.78 is 73.9. The molecule has 0 aliphatic rings. The van der Waals surface area contributed by atoms with Crippen LogP contribution in [0.15, 0.2) is 42.6 Å². The van der Waals surface area contributed by atoms with Gasteiger partial charge in [0.15, 0.2) is 9.84 Å². The van der Waals surface area contributed by atoms with E-state index in [2.05, 4.69) is 4.98 Å². The molecule has 29 heavy (non-hydrogen) atoms. The van der Waals surface area contributed by atoms with Crippen LogP contribution in [0.2, 0.25) is 0 Å². The third-order valence-electron chi connectivity index (χ3n) is 4.05. The molecule has 2 rings (SSSR count). The second-order valence-corrected chi connectivity index (χ2v) is 8.33. The third-order valence-corrected chi connectivity index (χ3v) is 5.05. The van der Waals surface area contributed by atoms with Gasteiger partial charge in [0.1, 0.15) is 12.8 Å². The van der Waals surface area contributed by atoms with E-state index in [0.717, 1.165) is 6.26 Å². The summed E-state index contributed by atoms with van der Waals surface area (Å²) in [4.78, 5) is 14.8. The molecule has 0 saturated carbocycles. The minimum Gasteiger partial charge on any atom is -0.386 e. The van der Waals surface area contributed by atoms with E-state index in [9.17, 15) is 35.9 Å². The average Bonchev–Trinajstić information content (AvgIpc) is 2.70. The Labute approximate surface area is 164 Å². The summed E-state index contributed by atoms with van der Waals surface area (Å²) in [7, 11) is -3.94. The maximum absolute atomic E-state index is 13.8. The molecule has 1 heterocycles. The van der Waals surface area contributed by atoms with Gasteiger partial charge in [0, 0.05) is 18.0 Å². The number of aromatic nitrogens is 1. The lowest BCUT2D eigenvalue weighted by atomic mass is 9.99. The number of benzene rings is 1. The van der Waals surface area contributed by atoms with Crippen molar-refractivity contribution >= 4 is 15.7 Å². The second-order valence-electron chi connectivity index (χ2n) is 6.25. The topological polar surface area (TPSA) is 96.4 Å². The number of rotatable bonds is 8. The van der Waals surface area contributed by atoms with Crippen molar-refractivity contribution in [1.29, 1.82) is 0 Å². The van der Waals surface area contributed by atoms with Crippen molar-refractivity contribution in [3.05, 3.63) is 53.9 Å². The van der Waals surface area contributed by atoms with Gasteiger partial charge in [0.2, 0.25) is 5.50 Å². The first-order valence-corrected chi connectivity index (χ1v) is 10.2. The van der Waals surface area contributed by atoms with Gasteiger partial charge in [-0.05, 0) is 17.2 Å². The number of alkyl halides is 4. The van der Waals surface area contributed by atoms with E-state index in [-0.39, 0.29) is 11.3 Å². The quantitative estimate of drug-likeness (QED) is 0.623. The third kappa shape index (κ3) is 5.73. The van der Waals surface area contributed by atoms with E-state index in [4.69, 9.17) is 0 Å². The number of carbonyl (C=O) groups is 1. The van der Waals surface area contributed by atoms with Crippen LogP contribution in [-0.4, -0.2) is 49.8 Å². The van der Waals surface area contributed by atoms with Gasteiger partial charge in [0.05, 0.1) is 11.7 Å². The summed E-state index contributed by atoms with van der Waals surface area (Å²) >= 11 is 0. The van der Waals surface area contributed by atoms with Gasteiger partial charge in [-0.25, -0.2) is 17.2 Å². The Morgan fingerprint density at radius 3 is 2.14 bits per heavy atom. The van der Waals surface area contributed by atoms with Crippen LogP contribution in [0.25, 0.3) is 11.1 Å². The summed E-state index contributed by atoms with van der Waals surface area (Å²) in [6.45, 7) is -1.25. The first-order valence-electron chi connectivity index (χ1n) is 8.26. The Morgan fingerprint density at radius 2 is 1.69 bits per heavy atom. The zero-order valence-electron chi connectivity index (χ0n) is 15.1. The molecule has 0 bridgehead atoms. The standard InChI is InChI=1S/C18H18F4N2O4S/c1-29(27,28)17(22)13-7-6-12(9-23-13)10-2-4-11(5-3-10)15(25)14(8-19)24-18(26)16(20)21/h2-7,9,14-17,25H,8H2,1H3,(H,24,26)/t14-,15?,17?/m1/s1. The molecule has 0 saturated heterocycles. The predicted molar refractivity (Wildman–Crippen MR) is 97.2 cm³/mol. The number of nitrogens with one attached hydrogen (secondary N) is 1. The van der Waals surface area contributed by atoms with Crippen molar-refractivity contribution in [1.82, 2.24) is 10.3 Å². The Balaban J connectivity index is 2.16. The maximum Gasteiger partial charge on any atom is 0.315 e. The normalized spacial score (nSPS) is 15.0. The van der Waals surface area contributed by atoms with E-state index in [1.807, 2.05) is 0 Å². The molecule has 2 aromatic rings. The molecular weight excluding hydrogens is 416 g/mol. The number of pyridine rings is 1. The number of nitrogens with zero attached hydrogens (tertiary/aromatic N) is 1. The molecule has 2 unspecified atom stereocenters. The summed E-state index contributed by atoms with van der Waals surface area (Å²) in [5.74, 6) is -1.69. The zero-order valence-corrected chi connectivity index (χ0v) is 15.9. The average molecular weight is 434 g/mol. The van der Waals surface area contributed by atoms with Crippen LogP contribution < -0.4 is 5.32 Å². The largest absolute Gasteiger partial charge is 0.386 e. The number of halogens is 4. The fraction of sp³-hybridized carbons (Fsp3) is 0.333. The van der Waals surface area contributed by atoms with Gasteiger partial charge in [-0.1, -0.05) is 30.3 Å². The van der Waals surface area contributed by atoms with Gasteiger partial charge in [-0.2, -0.15) is 8.78 Å². The molecule has 11 heteroatoms. The Hall–Kier alpha value is -2.53. The van der Waals surface area contributed by atoms with Crippen molar-refractivity contribution in [2.45, 2.75) is 24.1 Å². The first-order chi connectivity index (χ1) is 13.5. The minimum atomic E-state index is -3.94. The molecule has 3 atom stereocenters. The molecule has 0 spiro atoms. The minimum absolute atomic E-state index is 0.177. The Kier molecular flexibility index (Phi) is 7.31. The lowest BCUT2D eigenvalue weighted by molar-refractivity contribution is -0.133. The Bertz CT molecular complexity index is 937. The number of carbonyl (C=O) groups excluding carboxylic acids is 1. The van der Waals surface area contributed by atoms with Crippen LogP contribution in [0.1, 0.15) is 22.9 Å². The first kappa shape index (κ1) is 22.8. The summed E-state index contributed by atoms with van der Waals surface area (Å²) in [6, 6.07) is 6.98. The zero-order chi connectivity index (χ0) is 21.8. The van der Waals surface area contributed by atoms with Crippen molar-refractivity contribution in [3.63, 3.8) is 0 Å². The predicted octanol–water partition coefficient (Wildman–Crippen LogP) is 2.51. The molecule has 0 fully saturated rings. The molecular formula is C18H18F4N2O4S. The Morgan fingerprint density at radius 1 is 1.10 bits per heavy atom. The molecule has 1 amide bonds. The monoisotopic (exact) mass is 434 g/mol. The van der Waals surface area contributed by atoms with Crippen molar-refractivity contribution in [2.75, 3.05) is 12.9 Å². The van der Waals surface area contributed by atoms with Crippen molar-refractivity contribution in [2.24, 2.45) is 0 Å². The van der Waals surface area contributed by atoms with Gasteiger partial charge >= 0.3 is 6.43 Å². The molecule has 6 nitrogen and oxygen atoms in total. The van der Waals surface area contributed by atoms with E-state index in [0.29, 0.717) is 11.1 Å². The van der Waals surface area contributed by atoms with Gasteiger partial charge in [-0.15, -0.1) is 0 Å². The van der Waals surface area contributed by atoms with Crippen molar-refractivity contribution < 1.29 is 35.9 Å². The highest BCUT2D eigenvalue weighted by Gasteiger charge is 2.26. The number of hydrogen-bond acceptors (Lipinski definition) is 5. The van der Waals surface area contributed by atoms with Crippen LogP contribution in [0.3, 0.4) is 0 Å². The molecule has 158 valence electrons. The second kappa shape index (κ2) is 9.31. The molecule has 2 N–H and O–H groups in total. The van der Waals surface area contributed by atoms with Crippen LogP contribution in [0, 0.1) is 0 Å². The number of sulfone groups is 1. The van der Waals surface area contributed by atoms with Crippen LogP contribution in [-0.2, 0) is 14.6 Å². The fourth-order valence-electron chi connectivity index (χ4n) is 2.48. The summed E-state index contributed by atoms with van der Waals surface area (Å²) in [5, 5.41) is 11.9. The van der Waals surface area contributed by atoms with Crippen molar-refractivity contribution in [3.8, 4) is 11.1 Å². The highest BCUT2D eigenvalue weighted by atomic mass is 32.2. The van der Waals surface area contributed by atoms with E-state index >= 15 is 0 Å². The maximum atomic E-state index is 13.8. The van der Waals surface area contributed by atoms with Crippen LogP contribution >= 0.6 is 0 Å². The molecule has 1 aromatic carbocycles. The van der Waals surface area contributed by atoms with Crippen LogP contribution in [0.5, 0.6) is 0 Å². The number of aliphatic hydroxyl groups is 1. The van der Waals surface area contributed by atoms with Gasteiger partial charge in [0.25, 0.3) is 5.91 Å². The lowest BCUT2D eigenvalue weighted by Gasteiger charge is -2.22. The molecule has 0 aliphatic carbocycles. The van der Waals surface area contributed by atoms with E-state index < -0.39 is 46.5 Å². The SMILES string of the molecule is CS(=O)(=O)C(F)c1ccc(-c2ccc(C(O)[C@@H](CF)NC(=O)C(F)F)cc2)cn1. The number of amides is 1. The smallest absolute Gasteiger partial charge is 0.315 e. The number of aliphatic hydroxyl groups excluding tert-OH is 1. The molecule has 0 aliphatic heterocycles. The summed E-state index contributed by atoms with van der Waals surface area (Å²) in [5.41, 5.74) is -1.23. The highest BCUT2D eigenvalue weighted by molar-refractivity contribution is 7.90. The summed E-state index contributed by atoms with van der Waals surface area (Å²) in [6.07, 6.45) is -2.86. The van der Waals surface area contributed by atoms with Crippen LogP contribution in [0.4, 0.5) is 17.6 Å². The number of hydrogen-bond donors (Lipinski definition) is 2. The van der Waals surface area contributed by atoms with Gasteiger partial charge in [-0.3, -0.25) is 9.78 Å². The van der Waals surface area contributed by atoms with E-state index in [1.165, 1.54) is 42.6 Å². The molecule has 0 radical (unpaired) electrons. The van der Waals surface area contributed by atoms with Gasteiger partial charge < -0.3 is 10.4 Å². The fourth-order valence-corrected chi connectivity index (χ4v) is 3.06. The van der Waals surface area contributed by atoms with E-state index in [1.54, 1.807) is 5.32 Å². The highest BCUT2D eigenvalue weighted by Crippen LogP contribution is 2.26. The lowest BCUT2D eigenvalue weighted by Crippen LogP contribution is -2.43. The molecule has 1 aromatic heterocycles.